The van der Waals surface area contributed by atoms with E-state index in [4.69, 9.17) is 0 Å². The quantitative estimate of drug-likeness (QED) is 0.479. The van der Waals surface area contributed by atoms with Crippen LogP contribution in [-0.2, 0) is 17.6 Å². The number of carboxylic acids is 1. The summed E-state index contributed by atoms with van der Waals surface area (Å²) in [4.78, 5) is 15.2. The molecule has 2 N–H and O–H groups in total. The Labute approximate surface area is 156 Å². The van der Waals surface area contributed by atoms with Crippen molar-refractivity contribution in [1.29, 1.82) is 0 Å². The second-order valence-electron chi connectivity index (χ2n) is 4.87. The van der Waals surface area contributed by atoms with Gasteiger partial charge in [0, 0.05) is 25.1 Å². The van der Waals surface area contributed by atoms with Crippen LogP contribution in [-0.4, -0.2) is 28.4 Å². The molecule has 2 rings (SSSR count). The van der Waals surface area contributed by atoms with Crippen LogP contribution in [0.4, 0.5) is 0 Å². The summed E-state index contributed by atoms with van der Waals surface area (Å²) < 4.78 is 0. The Hall–Kier alpha value is -1.82. The molecule has 0 saturated carbocycles. The minimum absolute atomic E-state index is 0. The van der Waals surface area contributed by atoms with Gasteiger partial charge in [-0.2, -0.15) is 0 Å². The van der Waals surface area contributed by atoms with E-state index in [0.717, 1.165) is 5.56 Å². The topological polar surface area (TPSA) is 93.0 Å². The molecule has 0 fully saturated rings. The summed E-state index contributed by atoms with van der Waals surface area (Å²) >= 11 is 0. The number of rotatable bonds is 6. The summed E-state index contributed by atoms with van der Waals surface area (Å²) in [6, 6.07) is 12.4. The van der Waals surface area contributed by atoms with E-state index in [1.807, 2.05) is 30.3 Å². The zero-order valence-corrected chi connectivity index (χ0v) is 14.8. The number of carbonyl (C=O) groups is 1. The van der Waals surface area contributed by atoms with Crippen LogP contribution in [0.15, 0.2) is 53.5 Å². The Morgan fingerprint density at radius 3 is 2.48 bits per heavy atom. The average Bonchev–Trinajstić information content (AvgIpc) is 2.49. The number of hydrogen-bond donors (Lipinski definition) is 2. The third-order valence-corrected chi connectivity index (χ3v) is 3.21. The van der Waals surface area contributed by atoms with Crippen LogP contribution in [0.5, 0.6) is 11.5 Å². The normalized spacial score (nSPS) is 11.8. The van der Waals surface area contributed by atoms with Crippen LogP contribution in [0.1, 0.15) is 11.1 Å². The van der Waals surface area contributed by atoms with E-state index in [0.29, 0.717) is 5.56 Å². The van der Waals surface area contributed by atoms with Gasteiger partial charge in [0.25, 0.3) is 0 Å². The summed E-state index contributed by atoms with van der Waals surface area (Å²) in [6.07, 6.45) is 1.96. The number of aromatic hydroxyl groups is 2. The van der Waals surface area contributed by atoms with Crippen molar-refractivity contribution in [1.82, 2.24) is 0 Å². The molecule has 1 atom stereocenters. The summed E-state index contributed by atoms with van der Waals surface area (Å²) in [5, 5.41) is 30.0. The molecule has 2 aromatic rings. The summed E-state index contributed by atoms with van der Waals surface area (Å²) in [6.45, 7) is 0. The molecule has 0 bridgehead atoms. The van der Waals surface area contributed by atoms with Gasteiger partial charge in [0.15, 0.2) is 0 Å². The Bertz CT molecular complexity index is 674. The number of aliphatic carboxylic acids is 1. The molecular weight excluding hydrogens is 305 g/mol. The van der Waals surface area contributed by atoms with Crippen molar-refractivity contribution >= 4 is 12.2 Å². The van der Waals surface area contributed by atoms with Crippen molar-refractivity contribution in [3.63, 3.8) is 0 Å². The standard InChI is InChI=1S/C17H17NO4.Na/c19-14-7-6-13(16(20)11-14)8-9-18-15(17(21)22)10-12-4-2-1-3-5-12;/h1-7,9,11,15,19-20H,8,10H2,(H,21,22);/q;+1/p-1/t15-;/m0./s1. The molecule has 6 heteroatoms. The Kier molecular flexibility index (Phi) is 7.81. The van der Waals surface area contributed by atoms with Gasteiger partial charge in [-0.25, -0.2) is 0 Å². The third-order valence-electron chi connectivity index (χ3n) is 3.21. The molecule has 0 aromatic heterocycles. The van der Waals surface area contributed by atoms with Gasteiger partial charge >= 0.3 is 29.6 Å². The maximum Gasteiger partial charge on any atom is 1.00 e. The number of phenolic OH excluding ortho intramolecular Hbond substituents is 2. The van der Waals surface area contributed by atoms with Crippen LogP contribution in [0.2, 0.25) is 0 Å². The predicted molar refractivity (Wildman–Crippen MR) is 80.9 cm³/mol. The van der Waals surface area contributed by atoms with Crippen LogP contribution in [0.3, 0.4) is 0 Å². The molecule has 0 heterocycles. The molecule has 2 aromatic carbocycles. The van der Waals surface area contributed by atoms with Gasteiger partial charge in [-0.1, -0.05) is 36.4 Å². The fourth-order valence-corrected chi connectivity index (χ4v) is 2.04. The summed E-state index contributed by atoms with van der Waals surface area (Å²) in [5.41, 5.74) is 1.42. The van der Waals surface area contributed by atoms with Crippen LogP contribution < -0.4 is 34.7 Å². The number of hydrogen-bond acceptors (Lipinski definition) is 5. The van der Waals surface area contributed by atoms with Crippen molar-refractivity contribution in [3.8, 4) is 11.5 Å². The molecule has 114 valence electrons. The van der Waals surface area contributed by atoms with Gasteiger partial charge in [0.1, 0.15) is 11.5 Å². The zero-order valence-electron chi connectivity index (χ0n) is 12.8. The number of carbonyl (C=O) groups excluding carboxylic acids is 1. The molecule has 0 unspecified atom stereocenters. The molecule has 0 saturated heterocycles. The van der Waals surface area contributed by atoms with Gasteiger partial charge in [0.2, 0.25) is 0 Å². The van der Waals surface area contributed by atoms with Crippen molar-refractivity contribution in [3.05, 3.63) is 59.7 Å². The van der Waals surface area contributed by atoms with E-state index in [-0.39, 0.29) is 53.9 Å². The molecule has 0 aliphatic carbocycles. The van der Waals surface area contributed by atoms with Crippen molar-refractivity contribution < 1.29 is 49.7 Å². The first kappa shape index (κ1) is 19.2. The molecule has 0 aliphatic rings. The molecular formula is C17H16NNaO4. The molecule has 0 radical (unpaired) electrons. The Balaban J connectivity index is 0.00000264. The molecule has 5 nitrogen and oxygen atoms in total. The second-order valence-corrected chi connectivity index (χ2v) is 4.87. The average molecular weight is 321 g/mol. The molecule has 0 aliphatic heterocycles. The SMILES string of the molecule is O=C([O-])[C@H](Cc1ccccc1)N=CCc1ccc(O)cc1O.[Na+]. The first-order valence-corrected chi connectivity index (χ1v) is 6.83. The largest absolute Gasteiger partial charge is 1.00 e. The van der Waals surface area contributed by atoms with Crippen molar-refractivity contribution in [2.24, 2.45) is 4.99 Å². The van der Waals surface area contributed by atoms with Gasteiger partial charge in [0.05, 0.1) is 12.0 Å². The minimum atomic E-state index is -1.24. The van der Waals surface area contributed by atoms with Crippen molar-refractivity contribution in [2.45, 2.75) is 18.9 Å². The number of carboxylic acid groups (broad SMARTS) is 1. The zero-order chi connectivity index (χ0) is 15.9. The van der Waals surface area contributed by atoms with E-state index in [1.54, 1.807) is 6.07 Å². The summed E-state index contributed by atoms with van der Waals surface area (Å²) in [5.74, 6) is -1.33. The van der Waals surface area contributed by atoms with E-state index >= 15 is 0 Å². The smallest absolute Gasteiger partial charge is 0.548 e. The fraction of sp³-hybridized carbons (Fsp3) is 0.176. The first-order valence-electron chi connectivity index (χ1n) is 6.83. The number of benzene rings is 2. The van der Waals surface area contributed by atoms with E-state index < -0.39 is 12.0 Å². The van der Waals surface area contributed by atoms with Crippen LogP contribution in [0, 0.1) is 0 Å². The van der Waals surface area contributed by atoms with Gasteiger partial charge < -0.3 is 20.1 Å². The fourth-order valence-electron chi connectivity index (χ4n) is 2.04. The molecule has 0 amide bonds. The van der Waals surface area contributed by atoms with E-state index in [2.05, 4.69) is 4.99 Å². The van der Waals surface area contributed by atoms with Gasteiger partial charge in [-0.05, 0) is 17.2 Å². The van der Waals surface area contributed by atoms with E-state index in [9.17, 15) is 20.1 Å². The molecule has 0 spiro atoms. The van der Waals surface area contributed by atoms with Gasteiger partial charge in [-0.3, -0.25) is 4.99 Å². The second kappa shape index (κ2) is 9.35. The number of nitrogens with zero attached hydrogens (tertiary/aromatic N) is 1. The predicted octanol–water partition coefficient (Wildman–Crippen LogP) is -1.92. The number of aliphatic imine (C=N–C) groups is 1. The maximum atomic E-state index is 11.2. The minimum Gasteiger partial charge on any atom is -0.548 e. The molecule has 23 heavy (non-hydrogen) atoms. The van der Waals surface area contributed by atoms with Gasteiger partial charge in [-0.15, -0.1) is 0 Å². The van der Waals surface area contributed by atoms with Crippen LogP contribution in [0.25, 0.3) is 0 Å². The third kappa shape index (κ3) is 6.06. The van der Waals surface area contributed by atoms with Crippen LogP contribution >= 0.6 is 0 Å². The monoisotopic (exact) mass is 321 g/mol. The maximum absolute atomic E-state index is 11.2. The van der Waals surface area contributed by atoms with Crippen molar-refractivity contribution in [2.75, 3.05) is 0 Å². The Morgan fingerprint density at radius 1 is 1.17 bits per heavy atom. The van der Waals surface area contributed by atoms with E-state index in [1.165, 1.54) is 18.3 Å². The Morgan fingerprint density at radius 2 is 1.87 bits per heavy atom. The first-order chi connectivity index (χ1) is 10.6. The summed E-state index contributed by atoms with van der Waals surface area (Å²) in [7, 11) is 0. The number of phenols is 2.